The molecule has 1 heteroatoms. The van der Waals surface area contributed by atoms with E-state index in [0.717, 1.165) is 11.8 Å². The van der Waals surface area contributed by atoms with E-state index < -0.39 is 0 Å². The van der Waals surface area contributed by atoms with Crippen LogP contribution in [-0.4, -0.2) is 0 Å². The third-order valence-corrected chi connectivity index (χ3v) is 4.31. The Morgan fingerprint density at radius 1 is 1.23 bits per heavy atom. The van der Waals surface area contributed by atoms with Crippen molar-refractivity contribution in [2.45, 2.75) is 24.6 Å². The smallest absolute Gasteiger partial charge is 0.0423 e. The van der Waals surface area contributed by atoms with Gasteiger partial charge in [-0.3, -0.25) is 0 Å². The average Bonchev–Trinajstić information content (AvgIpc) is 3.00. The van der Waals surface area contributed by atoms with E-state index in [0.29, 0.717) is 4.83 Å². The Balaban J connectivity index is 2.07. The minimum absolute atomic E-state index is 0.543. The molecule has 1 aromatic rings. The van der Waals surface area contributed by atoms with Crippen LogP contribution < -0.4 is 0 Å². The van der Waals surface area contributed by atoms with Crippen LogP contribution in [0.2, 0.25) is 0 Å². The number of halogens is 1. The van der Waals surface area contributed by atoms with Crippen molar-refractivity contribution < 1.29 is 0 Å². The van der Waals surface area contributed by atoms with Crippen molar-refractivity contribution >= 4 is 15.9 Å². The Kier molecular flexibility index (Phi) is 2.73. The summed E-state index contributed by atoms with van der Waals surface area (Å²) in [7, 11) is 0. The summed E-state index contributed by atoms with van der Waals surface area (Å²) >= 11 is 3.79. The lowest BCUT2D eigenvalue weighted by molar-refractivity contribution is 0.503. The van der Waals surface area contributed by atoms with Gasteiger partial charge in [-0.05, 0) is 30.2 Å². The Bertz CT molecular complexity index is 264. The van der Waals surface area contributed by atoms with Crippen molar-refractivity contribution in [2.24, 2.45) is 11.8 Å². The van der Waals surface area contributed by atoms with Crippen molar-refractivity contribution in [1.82, 2.24) is 0 Å². The van der Waals surface area contributed by atoms with Gasteiger partial charge in [0.1, 0.15) is 0 Å². The van der Waals surface area contributed by atoms with E-state index in [9.17, 15) is 0 Å². The molecule has 0 heterocycles. The molecule has 1 aliphatic carbocycles. The second-order valence-electron chi connectivity index (χ2n) is 4.01. The van der Waals surface area contributed by atoms with Crippen LogP contribution in [0, 0.1) is 11.8 Å². The molecule has 1 aromatic carbocycles. The van der Waals surface area contributed by atoms with Gasteiger partial charge in [-0.15, -0.1) is 0 Å². The fraction of sp³-hybridized carbons (Fsp3) is 0.500. The largest absolute Gasteiger partial charge is 0.0836 e. The summed E-state index contributed by atoms with van der Waals surface area (Å²) in [6.45, 7) is 2.35. The minimum atomic E-state index is 0.543. The van der Waals surface area contributed by atoms with E-state index in [1.54, 1.807) is 0 Å². The lowest BCUT2D eigenvalue weighted by Gasteiger charge is -2.17. The van der Waals surface area contributed by atoms with Gasteiger partial charge >= 0.3 is 0 Å². The molecule has 0 aromatic heterocycles. The number of benzene rings is 1. The van der Waals surface area contributed by atoms with Crippen molar-refractivity contribution in [1.29, 1.82) is 0 Å². The van der Waals surface area contributed by atoms with Gasteiger partial charge in [0.05, 0.1) is 0 Å². The van der Waals surface area contributed by atoms with Gasteiger partial charge < -0.3 is 0 Å². The van der Waals surface area contributed by atoms with Gasteiger partial charge in [0.25, 0.3) is 0 Å². The molecule has 0 bridgehead atoms. The van der Waals surface area contributed by atoms with Crippen LogP contribution in [0.15, 0.2) is 30.3 Å². The zero-order valence-electron chi connectivity index (χ0n) is 7.91. The fourth-order valence-electron chi connectivity index (χ4n) is 1.80. The number of hydrogen-bond acceptors (Lipinski definition) is 0. The summed E-state index contributed by atoms with van der Waals surface area (Å²) in [5.41, 5.74) is 1.42. The summed E-state index contributed by atoms with van der Waals surface area (Å²) in [4.78, 5) is 0.543. The molecule has 1 fully saturated rings. The third-order valence-electron chi connectivity index (χ3n) is 2.95. The van der Waals surface area contributed by atoms with Crippen LogP contribution in [0.25, 0.3) is 0 Å². The Morgan fingerprint density at radius 2 is 1.85 bits per heavy atom. The maximum atomic E-state index is 3.79. The lowest BCUT2D eigenvalue weighted by Crippen LogP contribution is -2.05. The lowest BCUT2D eigenvalue weighted by atomic mass is 9.97. The standard InChI is InChI=1S/C12H15Br/c1-9(10-7-8-10)12(13)11-5-3-2-4-6-11/h2-6,9-10,12H,7-8H2,1H3. The normalized spacial score (nSPS) is 21.1. The average molecular weight is 239 g/mol. The monoisotopic (exact) mass is 238 g/mol. The van der Waals surface area contributed by atoms with Gasteiger partial charge in [0.15, 0.2) is 0 Å². The molecule has 0 saturated heterocycles. The highest BCUT2D eigenvalue weighted by molar-refractivity contribution is 9.09. The molecule has 0 nitrogen and oxygen atoms in total. The quantitative estimate of drug-likeness (QED) is 0.694. The summed E-state index contributed by atoms with van der Waals surface area (Å²) in [5, 5.41) is 0. The summed E-state index contributed by atoms with van der Waals surface area (Å²) in [6, 6.07) is 10.7. The summed E-state index contributed by atoms with van der Waals surface area (Å²) < 4.78 is 0. The molecular formula is C12H15Br. The zero-order valence-corrected chi connectivity index (χ0v) is 9.50. The van der Waals surface area contributed by atoms with Crippen LogP contribution in [0.4, 0.5) is 0 Å². The number of alkyl halides is 1. The predicted octanol–water partition coefficient (Wildman–Crippen LogP) is 4.17. The third kappa shape index (κ3) is 2.14. The van der Waals surface area contributed by atoms with Crippen molar-refractivity contribution in [3.63, 3.8) is 0 Å². The highest BCUT2D eigenvalue weighted by Crippen LogP contribution is 2.45. The van der Waals surface area contributed by atoms with Crippen LogP contribution in [0.3, 0.4) is 0 Å². The Labute approximate surface area is 88.5 Å². The van der Waals surface area contributed by atoms with Gasteiger partial charge in [-0.2, -0.15) is 0 Å². The molecule has 0 amide bonds. The van der Waals surface area contributed by atoms with E-state index in [-0.39, 0.29) is 0 Å². The second-order valence-corrected chi connectivity index (χ2v) is 5.00. The summed E-state index contributed by atoms with van der Waals surface area (Å²) in [5.74, 6) is 1.74. The van der Waals surface area contributed by atoms with Gasteiger partial charge in [0, 0.05) is 4.83 Å². The molecule has 70 valence electrons. The summed E-state index contributed by atoms with van der Waals surface area (Å²) in [6.07, 6.45) is 2.85. The highest BCUT2D eigenvalue weighted by atomic mass is 79.9. The maximum Gasteiger partial charge on any atom is 0.0423 e. The molecule has 13 heavy (non-hydrogen) atoms. The molecule has 1 saturated carbocycles. The maximum absolute atomic E-state index is 3.79. The van der Waals surface area contributed by atoms with Crippen molar-refractivity contribution in [3.8, 4) is 0 Å². The minimum Gasteiger partial charge on any atom is -0.0836 e. The molecule has 1 aliphatic rings. The van der Waals surface area contributed by atoms with E-state index in [1.807, 2.05) is 0 Å². The molecule has 0 radical (unpaired) electrons. The van der Waals surface area contributed by atoms with Crippen LogP contribution in [0.5, 0.6) is 0 Å². The van der Waals surface area contributed by atoms with E-state index in [4.69, 9.17) is 0 Å². The second kappa shape index (κ2) is 3.83. The van der Waals surface area contributed by atoms with E-state index >= 15 is 0 Å². The van der Waals surface area contributed by atoms with Crippen molar-refractivity contribution in [3.05, 3.63) is 35.9 Å². The molecule has 0 aliphatic heterocycles. The zero-order chi connectivity index (χ0) is 9.26. The molecule has 2 atom stereocenters. The highest BCUT2D eigenvalue weighted by Gasteiger charge is 2.32. The first-order chi connectivity index (χ1) is 6.29. The van der Waals surface area contributed by atoms with Gasteiger partial charge in [0.2, 0.25) is 0 Å². The van der Waals surface area contributed by atoms with E-state index in [1.165, 1.54) is 18.4 Å². The van der Waals surface area contributed by atoms with Gasteiger partial charge in [-0.25, -0.2) is 0 Å². The SMILES string of the molecule is CC(C1CC1)C(Br)c1ccccc1. The Hall–Kier alpha value is -0.300. The molecule has 0 N–H and O–H groups in total. The van der Waals surface area contributed by atoms with Crippen LogP contribution in [-0.2, 0) is 0 Å². The van der Waals surface area contributed by atoms with Crippen molar-refractivity contribution in [2.75, 3.05) is 0 Å². The fourth-order valence-corrected chi connectivity index (χ4v) is 2.54. The van der Waals surface area contributed by atoms with Crippen LogP contribution >= 0.6 is 15.9 Å². The topological polar surface area (TPSA) is 0 Å². The number of hydrogen-bond donors (Lipinski definition) is 0. The van der Waals surface area contributed by atoms with E-state index in [2.05, 4.69) is 53.2 Å². The first kappa shape index (κ1) is 9.26. The van der Waals surface area contributed by atoms with Crippen LogP contribution in [0.1, 0.15) is 30.2 Å². The Morgan fingerprint density at radius 3 is 2.38 bits per heavy atom. The first-order valence-corrected chi connectivity index (χ1v) is 5.89. The number of rotatable bonds is 3. The molecular weight excluding hydrogens is 224 g/mol. The predicted molar refractivity (Wildman–Crippen MR) is 60.0 cm³/mol. The first-order valence-electron chi connectivity index (χ1n) is 4.98. The van der Waals surface area contributed by atoms with Gasteiger partial charge in [-0.1, -0.05) is 53.2 Å². The molecule has 2 unspecified atom stereocenters. The molecule has 0 spiro atoms. The molecule has 2 rings (SSSR count).